The van der Waals surface area contributed by atoms with E-state index in [1.807, 2.05) is 12.2 Å². The fourth-order valence-corrected chi connectivity index (χ4v) is 8.78. The van der Waals surface area contributed by atoms with Gasteiger partial charge in [-0.15, -0.1) is 0 Å². The lowest BCUT2D eigenvalue weighted by molar-refractivity contribution is -0.161. The molecular weight excluding hydrogens is 1000 g/mol. The molecule has 0 saturated heterocycles. The van der Waals surface area contributed by atoms with Crippen molar-refractivity contribution in [1.29, 1.82) is 0 Å². The number of hydrogen-bond acceptors (Lipinski definition) is 10. The number of unbranched alkanes of at least 4 members (excludes halogenated alkanes) is 21. The zero-order valence-electron chi connectivity index (χ0n) is 49.3. The molecule has 0 aliphatic rings. The number of allylic oxidation sites excluding steroid dienone is 18. The van der Waals surface area contributed by atoms with Crippen LogP contribution >= 0.6 is 7.82 Å². The van der Waals surface area contributed by atoms with Crippen LogP contribution in [-0.2, 0) is 42.2 Å². The van der Waals surface area contributed by atoms with Crippen molar-refractivity contribution in [3.8, 4) is 0 Å². The van der Waals surface area contributed by atoms with Crippen LogP contribution in [0.15, 0.2) is 109 Å². The molecule has 0 heterocycles. The first-order valence-electron chi connectivity index (χ1n) is 30.8. The largest absolute Gasteiger partial charge is 0.472 e. The van der Waals surface area contributed by atoms with E-state index in [2.05, 4.69) is 118 Å². The highest BCUT2D eigenvalue weighted by molar-refractivity contribution is 7.47. The molecule has 12 heteroatoms. The summed E-state index contributed by atoms with van der Waals surface area (Å²) in [6, 6.07) is 0. The quantitative estimate of drug-likeness (QED) is 0.0197. The van der Waals surface area contributed by atoms with Crippen LogP contribution < -0.4 is 0 Å². The summed E-state index contributed by atoms with van der Waals surface area (Å²) < 4.78 is 39.5. The summed E-state index contributed by atoms with van der Waals surface area (Å²) in [7, 11) is -4.78. The first kappa shape index (κ1) is 74.1. The zero-order chi connectivity index (χ0) is 56.9. The number of rotatable bonds is 56. The van der Waals surface area contributed by atoms with Crippen LogP contribution in [0.4, 0.5) is 0 Å². The van der Waals surface area contributed by atoms with Gasteiger partial charge in [0, 0.05) is 19.3 Å². The summed E-state index contributed by atoms with van der Waals surface area (Å²) in [6.45, 7) is 4.38. The number of carbonyl (C=O) groups excluding carboxylic acids is 3. The number of aliphatic hydroxyl groups excluding tert-OH is 1. The molecule has 2 N–H and O–H groups in total. The van der Waals surface area contributed by atoms with Crippen LogP contribution in [0.3, 0.4) is 0 Å². The second kappa shape index (κ2) is 59.3. The van der Waals surface area contributed by atoms with Crippen LogP contribution in [0.25, 0.3) is 0 Å². The molecule has 11 nitrogen and oxygen atoms in total. The molecule has 0 rings (SSSR count). The van der Waals surface area contributed by atoms with E-state index < -0.39 is 57.8 Å². The third-order valence-electron chi connectivity index (χ3n) is 12.7. The third-order valence-corrected chi connectivity index (χ3v) is 13.6. The van der Waals surface area contributed by atoms with Gasteiger partial charge in [0.05, 0.1) is 19.8 Å². The van der Waals surface area contributed by atoms with Crippen LogP contribution in [0, 0.1) is 0 Å². The van der Waals surface area contributed by atoms with Crippen molar-refractivity contribution in [3.05, 3.63) is 109 Å². The minimum absolute atomic E-state index is 0.0505. The SMILES string of the molecule is CC/C=C\C/C=C\C/C=C\C/C=C\CCC(=O)OC(CO)COP(=O)(O)OCC(COC(=O)CCCCCCCCCCC/C=C\C/C=C\CCCCC)OC(=O)CCCCCCCC/C=C\C/C=C\C/C=C\CCCCC. The van der Waals surface area contributed by atoms with Gasteiger partial charge in [0.15, 0.2) is 6.10 Å². The second-order valence-corrected chi connectivity index (χ2v) is 21.6. The average Bonchev–Trinajstić information content (AvgIpc) is 3.43. The smallest absolute Gasteiger partial charge is 0.462 e. The number of esters is 3. The van der Waals surface area contributed by atoms with E-state index in [9.17, 15) is 28.9 Å². The molecule has 78 heavy (non-hydrogen) atoms. The highest BCUT2D eigenvalue weighted by Gasteiger charge is 2.28. The Balaban J connectivity index is 4.80. The Bertz CT molecular complexity index is 1720. The van der Waals surface area contributed by atoms with Gasteiger partial charge in [0.25, 0.3) is 0 Å². The fourth-order valence-electron chi connectivity index (χ4n) is 7.99. The lowest BCUT2D eigenvalue weighted by Gasteiger charge is -2.21. The summed E-state index contributed by atoms with van der Waals surface area (Å²) in [5.41, 5.74) is 0. The normalized spacial score (nSPS) is 14.1. The molecule has 0 bridgehead atoms. The number of ether oxygens (including phenoxy) is 3. The first-order chi connectivity index (χ1) is 38.2. The Morgan fingerprint density at radius 3 is 1.10 bits per heavy atom. The lowest BCUT2D eigenvalue weighted by Crippen LogP contribution is -2.30. The van der Waals surface area contributed by atoms with Crippen molar-refractivity contribution in [2.45, 2.75) is 264 Å². The van der Waals surface area contributed by atoms with Gasteiger partial charge in [-0.3, -0.25) is 23.4 Å². The molecule has 3 atom stereocenters. The van der Waals surface area contributed by atoms with Gasteiger partial charge in [-0.25, -0.2) is 4.57 Å². The predicted molar refractivity (Wildman–Crippen MR) is 325 cm³/mol. The highest BCUT2D eigenvalue weighted by Crippen LogP contribution is 2.43. The molecule has 0 aromatic rings. The third kappa shape index (κ3) is 56.8. The van der Waals surface area contributed by atoms with E-state index >= 15 is 0 Å². The molecule has 3 unspecified atom stereocenters. The van der Waals surface area contributed by atoms with E-state index in [1.54, 1.807) is 0 Å². The molecule has 0 aliphatic carbocycles. The van der Waals surface area contributed by atoms with Crippen molar-refractivity contribution in [2.75, 3.05) is 26.4 Å². The van der Waals surface area contributed by atoms with Gasteiger partial charge >= 0.3 is 25.7 Å². The fraction of sp³-hybridized carbons (Fsp3) is 0.682. The number of phosphoric ester groups is 1. The van der Waals surface area contributed by atoms with Crippen molar-refractivity contribution < 1.29 is 52.2 Å². The van der Waals surface area contributed by atoms with Gasteiger partial charge in [-0.1, -0.05) is 226 Å². The Morgan fingerprint density at radius 2 is 0.692 bits per heavy atom. The molecule has 0 fully saturated rings. The van der Waals surface area contributed by atoms with Crippen molar-refractivity contribution in [1.82, 2.24) is 0 Å². The first-order valence-corrected chi connectivity index (χ1v) is 32.3. The minimum atomic E-state index is -4.78. The number of carbonyl (C=O) groups is 3. The standard InChI is InChI=1S/C66H111O11P/c1-4-7-10-13-16-19-22-25-27-29-31-33-35-38-40-43-46-49-52-55-64(68)73-59-63(77-66(70)57-54-51-48-45-42-39-36-34-32-30-28-26-23-20-17-14-11-8-5-2)61-75-78(71,72)74-60-62(58-67)76-65(69)56-53-50-47-44-41-37-24-21-18-15-12-9-6-3/h9,12,16-21,25-28,32,34,37,41,47,50,62-63,67H,4-8,10-11,13-15,22-24,29-31,33,35-36,38-40,42-46,48-49,51-61H2,1-3H3,(H,71,72)/b12-9-,19-16-,20-17-,21-18-,27-25-,28-26-,34-32-,41-37-,50-47-. The van der Waals surface area contributed by atoms with Crippen molar-refractivity contribution >= 4 is 25.7 Å². The van der Waals surface area contributed by atoms with E-state index in [0.717, 1.165) is 109 Å². The number of phosphoric acid groups is 1. The zero-order valence-corrected chi connectivity index (χ0v) is 50.2. The highest BCUT2D eigenvalue weighted by atomic mass is 31.2. The summed E-state index contributed by atoms with van der Waals surface area (Å²) in [5, 5.41) is 9.81. The summed E-state index contributed by atoms with van der Waals surface area (Å²) >= 11 is 0. The molecule has 0 aromatic carbocycles. The van der Waals surface area contributed by atoms with E-state index in [0.29, 0.717) is 19.3 Å². The lowest BCUT2D eigenvalue weighted by atomic mass is 10.1. The number of hydrogen-bond donors (Lipinski definition) is 2. The van der Waals surface area contributed by atoms with Gasteiger partial charge in [-0.2, -0.15) is 0 Å². The maximum absolute atomic E-state index is 12.9. The van der Waals surface area contributed by atoms with Crippen LogP contribution in [0.5, 0.6) is 0 Å². The van der Waals surface area contributed by atoms with E-state index in [-0.39, 0.29) is 25.9 Å². The average molecular weight is 1110 g/mol. The van der Waals surface area contributed by atoms with Crippen molar-refractivity contribution in [2.24, 2.45) is 0 Å². The molecule has 446 valence electrons. The van der Waals surface area contributed by atoms with E-state index in [4.69, 9.17) is 23.3 Å². The Morgan fingerprint density at radius 1 is 0.372 bits per heavy atom. The van der Waals surface area contributed by atoms with Gasteiger partial charge < -0.3 is 24.2 Å². The maximum Gasteiger partial charge on any atom is 0.472 e. The maximum atomic E-state index is 12.9. The summed E-state index contributed by atoms with van der Waals surface area (Å²) in [4.78, 5) is 48.6. The van der Waals surface area contributed by atoms with Crippen LogP contribution in [0.2, 0.25) is 0 Å². The molecule has 0 amide bonds. The Labute approximate surface area is 475 Å². The monoisotopic (exact) mass is 1110 g/mol. The Hall–Kier alpha value is -3.86. The van der Waals surface area contributed by atoms with Gasteiger partial charge in [-0.05, 0) is 116 Å². The summed E-state index contributed by atoms with van der Waals surface area (Å²) in [5.74, 6) is -1.57. The van der Waals surface area contributed by atoms with Gasteiger partial charge in [0.1, 0.15) is 12.7 Å². The Kier molecular flexibility index (Phi) is 56.3. The second-order valence-electron chi connectivity index (χ2n) is 20.1. The van der Waals surface area contributed by atoms with Crippen LogP contribution in [0.1, 0.15) is 252 Å². The van der Waals surface area contributed by atoms with Gasteiger partial charge in [0.2, 0.25) is 0 Å². The molecule has 0 aliphatic heterocycles. The number of aliphatic hydroxyl groups is 1. The molecular formula is C66H111O11P. The van der Waals surface area contributed by atoms with Crippen molar-refractivity contribution in [3.63, 3.8) is 0 Å². The summed E-state index contributed by atoms with van der Waals surface area (Å²) in [6.07, 6.45) is 72.0. The van der Waals surface area contributed by atoms with E-state index in [1.165, 1.54) is 83.5 Å². The van der Waals surface area contributed by atoms with Crippen LogP contribution in [-0.4, -0.2) is 66.5 Å². The molecule has 0 spiro atoms. The topological polar surface area (TPSA) is 155 Å². The minimum Gasteiger partial charge on any atom is -0.462 e. The molecule has 0 saturated carbocycles. The predicted octanol–water partition coefficient (Wildman–Crippen LogP) is 18.6. The molecule has 0 aromatic heterocycles. The molecule has 0 radical (unpaired) electrons.